The van der Waals surface area contributed by atoms with Crippen LogP contribution < -0.4 is 10.9 Å². The average molecular weight is 411 g/mol. The molecule has 160 valence electrons. The van der Waals surface area contributed by atoms with Gasteiger partial charge in [-0.1, -0.05) is 30.3 Å². The van der Waals surface area contributed by atoms with Gasteiger partial charge in [0.2, 0.25) is 5.91 Å². The number of piperidine rings is 1. The third kappa shape index (κ3) is 6.03. The first kappa shape index (κ1) is 21.8. The summed E-state index contributed by atoms with van der Waals surface area (Å²) < 4.78 is 1.30. The van der Waals surface area contributed by atoms with Gasteiger partial charge >= 0.3 is 0 Å². The Balaban J connectivity index is 1.63. The quantitative estimate of drug-likeness (QED) is 0.752. The highest BCUT2D eigenvalue weighted by Gasteiger charge is 2.25. The molecule has 1 saturated heterocycles. The molecule has 7 nitrogen and oxygen atoms in total. The molecule has 2 aromatic rings. The number of nitrogens with zero attached hydrogens (tertiary/aromatic N) is 3. The summed E-state index contributed by atoms with van der Waals surface area (Å²) in [5.74, 6) is 0.0961. The molecule has 0 spiro atoms. The summed E-state index contributed by atoms with van der Waals surface area (Å²) in [6.45, 7) is 2.67. The van der Waals surface area contributed by atoms with E-state index in [0.29, 0.717) is 24.6 Å². The van der Waals surface area contributed by atoms with Gasteiger partial charge in [-0.15, -0.1) is 0 Å². The normalized spacial score (nSPS) is 16.5. The summed E-state index contributed by atoms with van der Waals surface area (Å²) in [5.41, 5.74) is 1.13. The molecule has 0 saturated carbocycles. The molecule has 1 aliphatic heterocycles. The van der Waals surface area contributed by atoms with Crippen molar-refractivity contribution in [1.82, 2.24) is 19.7 Å². The van der Waals surface area contributed by atoms with Gasteiger partial charge < -0.3 is 19.7 Å². The molecule has 2 heterocycles. The molecule has 2 amide bonds. The average Bonchev–Trinajstić information content (AvgIpc) is 2.74. The lowest BCUT2D eigenvalue weighted by molar-refractivity contribution is -0.121. The smallest absolute Gasteiger partial charge is 0.255 e. The van der Waals surface area contributed by atoms with Gasteiger partial charge in [-0.2, -0.15) is 0 Å². The fourth-order valence-electron chi connectivity index (χ4n) is 3.89. The van der Waals surface area contributed by atoms with Gasteiger partial charge in [0.25, 0.3) is 11.5 Å². The van der Waals surface area contributed by atoms with Crippen molar-refractivity contribution < 1.29 is 9.59 Å². The number of rotatable bonds is 7. The van der Waals surface area contributed by atoms with Gasteiger partial charge in [0.05, 0.1) is 5.56 Å². The van der Waals surface area contributed by atoms with Crippen LogP contribution in [0.4, 0.5) is 0 Å². The fraction of sp³-hybridized carbons (Fsp3) is 0.435. The highest BCUT2D eigenvalue weighted by atomic mass is 16.2. The van der Waals surface area contributed by atoms with E-state index in [4.69, 9.17) is 0 Å². The molecule has 0 radical (unpaired) electrons. The Bertz CT molecular complexity index is 924. The molecule has 1 fully saturated rings. The van der Waals surface area contributed by atoms with Gasteiger partial charge in [0.15, 0.2) is 0 Å². The topological polar surface area (TPSA) is 74.7 Å². The van der Waals surface area contributed by atoms with Crippen LogP contribution in [0, 0.1) is 5.92 Å². The van der Waals surface area contributed by atoms with E-state index in [1.54, 1.807) is 6.07 Å². The number of benzene rings is 1. The summed E-state index contributed by atoms with van der Waals surface area (Å²) in [4.78, 5) is 41.5. The number of amides is 2. The SMILES string of the molecule is CN(C)C[C@@H]1CCCN(C(=O)c2ccc(=O)n(CC(=O)NCc3ccccc3)c2)C1. The van der Waals surface area contributed by atoms with Crippen LogP contribution in [0.25, 0.3) is 0 Å². The van der Waals surface area contributed by atoms with E-state index in [1.165, 1.54) is 16.8 Å². The Kier molecular flexibility index (Phi) is 7.41. The molecule has 3 rings (SSSR count). The van der Waals surface area contributed by atoms with Crippen molar-refractivity contribution in [3.05, 3.63) is 70.1 Å². The monoisotopic (exact) mass is 410 g/mol. The Morgan fingerprint density at radius 3 is 2.63 bits per heavy atom. The van der Waals surface area contributed by atoms with Crippen molar-refractivity contribution in [3.63, 3.8) is 0 Å². The minimum absolute atomic E-state index is 0.0862. The molecule has 1 aromatic carbocycles. The van der Waals surface area contributed by atoms with Crippen molar-refractivity contribution >= 4 is 11.8 Å². The lowest BCUT2D eigenvalue weighted by Crippen LogP contribution is -2.43. The molecule has 1 aliphatic rings. The van der Waals surface area contributed by atoms with Crippen molar-refractivity contribution in [2.45, 2.75) is 25.9 Å². The van der Waals surface area contributed by atoms with Gasteiger partial charge in [-0.05, 0) is 44.5 Å². The van der Waals surface area contributed by atoms with Crippen LogP contribution >= 0.6 is 0 Å². The summed E-state index contributed by atoms with van der Waals surface area (Å²) in [7, 11) is 4.08. The zero-order valence-corrected chi connectivity index (χ0v) is 17.7. The second kappa shape index (κ2) is 10.2. The van der Waals surface area contributed by atoms with Gasteiger partial charge in [-0.25, -0.2) is 0 Å². The first-order valence-corrected chi connectivity index (χ1v) is 10.4. The lowest BCUT2D eigenvalue weighted by Gasteiger charge is -2.34. The minimum atomic E-state index is -0.300. The molecular formula is C23H30N4O3. The van der Waals surface area contributed by atoms with Crippen LogP contribution in [0.5, 0.6) is 0 Å². The van der Waals surface area contributed by atoms with E-state index < -0.39 is 0 Å². The van der Waals surface area contributed by atoms with Crippen LogP contribution in [0.2, 0.25) is 0 Å². The third-order valence-corrected chi connectivity index (χ3v) is 5.31. The van der Waals surface area contributed by atoms with Crippen molar-refractivity contribution in [2.24, 2.45) is 5.92 Å². The number of likely N-dealkylation sites (tertiary alicyclic amines) is 1. The number of hydrogen-bond donors (Lipinski definition) is 1. The van der Waals surface area contributed by atoms with Crippen LogP contribution in [0.3, 0.4) is 0 Å². The number of nitrogens with one attached hydrogen (secondary N) is 1. The largest absolute Gasteiger partial charge is 0.350 e. The van der Waals surface area contributed by atoms with E-state index in [1.807, 2.05) is 49.3 Å². The van der Waals surface area contributed by atoms with E-state index >= 15 is 0 Å². The molecule has 7 heteroatoms. The van der Waals surface area contributed by atoms with Crippen LogP contribution in [0.15, 0.2) is 53.5 Å². The first-order chi connectivity index (χ1) is 14.4. The maximum atomic E-state index is 13.0. The summed E-state index contributed by atoms with van der Waals surface area (Å²) in [6, 6.07) is 12.5. The van der Waals surface area contributed by atoms with Crippen LogP contribution in [0.1, 0.15) is 28.8 Å². The zero-order chi connectivity index (χ0) is 21.5. The lowest BCUT2D eigenvalue weighted by atomic mass is 9.97. The van der Waals surface area contributed by atoms with Gasteiger partial charge in [0.1, 0.15) is 6.54 Å². The van der Waals surface area contributed by atoms with E-state index in [9.17, 15) is 14.4 Å². The predicted molar refractivity (Wildman–Crippen MR) is 116 cm³/mol. The zero-order valence-electron chi connectivity index (χ0n) is 17.7. The van der Waals surface area contributed by atoms with Crippen LogP contribution in [-0.4, -0.2) is 59.9 Å². The van der Waals surface area contributed by atoms with Crippen LogP contribution in [-0.2, 0) is 17.9 Å². The van der Waals surface area contributed by atoms with Crippen molar-refractivity contribution in [1.29, 1.82) is 0 Å². The predicted octanol–water partition coefficient (Wildman–Crippen LogP) is 1.58. The standard InChI is InChI=1S/C23H30N4O3/c1-25(2)14-19-9-6-12-26(15-19)23(30)20-10-11-22(29)27(16-20)17-21(28)24-13-18-7-4-3-5-8-18/h3-5,7-8,10-11,16,19H,6,9,12-15,17H2,1-2H3,(H,24,28)/t19-/m0/s1. The second-order valence-electron chi connectivity index (χ2n) is 8.17. The number of pyridine rings is 1. The Labute approximate surface area is 177 Å². The Hall–Kier alpha value is -2.93. The summed E-state index contributed by atoms with van der Waals surface area (Å²) >= 11 is 0. The molecule has 1 aromatic heterocycles. The second-order valence-corrected chi connectivity index (χ2v) is 8.17. The van der Waals surface area contributed by atoms with Gasteiger partial charge in [0, 0.05) is 38.4 Å². The Morgan fingerprint density at radius 2 is 1.90 bits per heavy atom. The maximum Gasteiger partial charge on any atom is 0.255 e. The molecule has 30 heavy (non-hydrogen) atoms. The third-order valence-electron chi connectivity index (χ3n) is 5.31. The molecular weight excluding hydrogens is 380 g/mol. The first-order valence-electron chi connectivity index (χ1n) is 10.4. The highest BCUT2D eigenvalue weighted by Crippen LogP contribution is 2.19. The van der Waals surface area contributed by atoms with E-state index in [-0.39, 0.29) is 23.9 Å². The highest BCUT2D eigenvalue weighted by molar-refractivity contribution is 5.94. The number of hydrogen-bond acceptors (Lipinski definition) is 4. The molecule has 0 unspecified atom stereocenters. The minimum Gasteiger partial charge on any atom is -0.350 e. The molecule has 1 atom stereocenters. The molecule has 0 bridgehead atoms. The molecule has 1 N–H and O–H groups in total. The molecule has 0 aliphatic carbocycles. The summed E-state index contributed by atoms with van der Waals surface area (Å²) in [5, 5.41) is 2.81. The maximum absolute atomic E-state index is 13.0. The fourth-order valence-corrected chi connectivity index (χ4v) is 3.89. The van der Waals surface area contributed by atoms with E-state index in [2.05, 4.69) is 10.2 Å². The summed E-state index contributed by atoms with van der Waals surface area (Å²) in [6.07, 6.45) is 3.59. The number of carbonyl (C=O) groups is 2. The Morgan fingerprint density at radius 1 is 1.13 bits per heavy atom. The van der Waals surface area contributed by atoms with Crippen molar-refractivity contribution in [2.75, 3.05) is 33.7 Å². The van der Waals surface area contributed by atoms with Gasteiger partial charge in [-0.3, -0.25) is 14.4 Å². The van der Waals surface area contributed by atoms with E-state index in [0.717, 1.165) is 31.5 Å². The number of carbonyl (C=O) groups excluding carboxylic acids is 2. The van der Waals surface area contributed by atoms with Crippen molar-refractivity contribution in [3.8, 4) is 0 Å². The number of aromatic nitrogens is 1.